The second-order valence-electron chi connectivity index (χ2n) is 7.24. The summed E-state index contributed by atoms with van der Waals surface area (Å²) in [6.45, 7) is 0. The minimum atomic E-state index is -2.35. The van der Waals surface area contributed by atoms with Gasteiger partial charge in [-0.05, 0) is 54.8 Å². The molecule has 0 aliphatic rings. The average molecular weight is 581 g/mol. The summed E-state index contributed by atoms with van der Waals surface area (Å²) in [6, 6.07) is 41.0. The molecule has 0 aromatic heterocycles. The van der Waals surface area contributed by atoms with E-state index >= 15 is 0 Å². The fourth-order valence-electron chi connectivity index (χ4n) is 3.90. The van der Waals surface area contributed by atoms with Gasteiger partial charge in [-0.1, -0.05) is 72.8 Å². The van der Waals surface area contributed by atoms with E-state index < -0.39 is 7.26 Å². The zero-order chi connectivity index (χ0) is 22.2. The third kappa shape index (κ3) is 5.40. The molecule has 0 atom stereocenters. The lowest BCUT2D eigenvalue weighted by Gasteiger charge is -2.29. The molecule has 0 saturated carbocycles. The molecule has 4 aromatic rings. The van der Waals surface area contributed by atoms with Crippen LogP contribution in [0.3, 0.4) is 0 Å². The summed E-state index contributed by atoms with van der Waals surface area (Å²) in [7, 11) is -2.35. The Morgan fingerprint density at radius 2 is 1.03 bits per heavy atom. The molecule has 4 aromatic carbocycles. The summed E-state index contributed by atoms with van der Waals surface area (Å²) < 4.78 is 0. The van der Waals surface area contributed by atoms with Gasteiger partial charge in [-0.15, -0.1) is 11.8 Å². The number of benzene rings is 4. The number of nitrogens with one attached hydrogen (secondary N) is 1. The molecule has 0 bridgehead atoms. The van der Waals surface area contributed by atoms with Gasteiger partial charge in [0.05, 0.1) is 0 Å². The molecule has 0 heterocycles. The number of carbonyl (C=O) groups excluding carboxylic acids is 1. The van der Waals surface area contributed by atoms with Gasteiger partial charge in [-0.25, -0.2) is 0 Å². The number of halogens is 1. The highest BCUT2D eigenvalue weighted by molar-refractivity contribution is 8.03. The van der Waals surface area contributed by atoms with Crippen molar-refractivity contribution in [2.75, 3.05) is 6.26 Å². The summed E-state index contributed by atoms with van der Waals surface area (Å²) in [5, 5.41) is 9.02. The standard InChI is InChI=1S/C28H24NOPS.HI/c1-32-22-27(29-28(30)23-14-6-2-7-15-23)31(24-16-8-3-9-17-24,25-18-10-4-11-19-25)26-20-12-5-13-21-26;/h2-22H,1H3;1H/b27-22+;. The molecule has 1 amide bonds. The van der Waals surface area contributed by atoms with Crippen molar-refractivity contribution in [2.24, 2.45) is 0 Å². The minimum absolute atomic E-state index is 0. The quantitative estimate of drug-likeness (QED) is 0.269. The van der Waals surface area contributed by atoms with Crippen molar-refractivity contribution in [3.63, 3.8) is 0 Å². The van der Waals surface area contributed by atoms with Crippen LogP contribution >= 0.6 is 19.0 Å². The Kier molecular flexibility index (Phi) is 9.30. The van der Waals surface area contributed by atoms with Crippen molar-refractivity contribution in [1.82, 2.24) is 5.32 Å². The van der Waals surface area contributed by atoms with Crippen molar-refractivity contribution >= 4 is 40.8 Å². The molecule has 4 rings (SSSR count). The SMILES string of the molecule is CS/C=C(\NC(=O)c1ccccc1)[P+](c1ccccc1)(c1ccccc1)c1ccccc1.[I-]. The Morgan fingerprint density at radius 1 is 0.667 bits per heavy atom. The van der Waals surface area contributed by atoms with E-state index in [9.17, 15) is 4.79 Å². The van der Waals surface area contributed by atoms with Crippen molar-refractivity contribution < 1.29 is 28.8 Å². The first-order chi connectivity index (χ1) is 15.8. The monoisotopic (exact) mass is 581 g/mol. The summed E-state index contributed by atoms with van der Waals surface area (Å²) in [4.78, 5) is 13.3. The summed E-state index contributed by atoms with van der Waals surface area (Å²) in [6.07, 6.45) is 2.03. The van der Waals surface area contributed by atoms with E-state index in [1.165, 1.54) is 15.9 Å². The van der Waals surface area contributed by atoms with Gasteiger partial charge < -0.3 is 24.0 Å². The highest BCUT2D eigenvalue weighted by atomic mass is 127. The molecule has 2 nitrogen and oxygen atoms in total. The Morgan fingerprint density at radius 3 is 1.39 bits per heavy atom. The maximum absolute atomic E-state index is 13.3. The lowest BCUT2D eigenvalue weighted by Crippen LogP contribution is -3.00. The number of rotatable bonds is 7. The van der Waals surface area contributed by atoms with Gasteiger partial charge in [-0.2, -0.15) is 0 Å². The number of hydrogen-bond donors (Lipinski definition) is 1. The van der Waals surface area contributed by atoms with Gasteiger partial charge in [0.1, 0.15) is 15.9 Å². The molecule has 33 heavy (non-hydrogen) atoms. The highest BCUT2D eigenvalue weighted by Gasteiger charge is 2.50. The lowest BCUT2D eigenvalue weighted by molar-refractivity contribution is -0.0000144. The third-order valence-corrected chi connectivity index (χ3v) is 10.1. The third-order valence-electron chi connectivity index (χ3n) is 5.30. The summed E-state index contributed by atoms with van der Waals surface area (Å²) in [5.74, 6) is -0.0990. The molecule has 5 heteroatoms. The second-order valence-corrected chi connectivity index (χ2v) is 11.3. The Balaban J connectivity index is 0.00000306. The lowest BCUT2D eigenvalue weighted by atomic mass is 10.2. The highest BCUT2D eigenvalue weighted by Crippen LogP contribution is 2.61. The Hall–Kier alpha value is -2.40. The van der Waals surface area contributed by atoms with Crippen LogP contribution in [0.2, 0.25) is 0 Å². The van der Waals surface area contributed by atoms with Crippen molar-refractivity contribution in [3.05, 3.63) is 138 Å². The maximum Gasteiger partial charge on any atom is 0.258 e. The van der Waals surface area contributed by atoms with E-state index in [1.807, 2.05) is 54.8 Å². The van der Waals surface area contributed by atoms with Crippen LogP contribution in [0, 0.1) is 0 Å². The van der Waals surface area contributed by atoms with Crippen molar-refractivity contribution in [3.8, 4) is 0 Å². The summed E-state index contributed by atoms with van der Waals surface area (Å²) in [5.41, 5.74) is 1.58. The molecule has 0 unspecified atom stereocenters. The smallest absolute Gasteiger partial charge is 0.258 e. The van der Waals surface area contributed by atoms with E-state index in [2.05, 4.69) is 83.5 Å². The topological polar surface area (TPSA) is 29.1 Å². The maximum atomic E-state index is 13.3. The van der Waals surface area contributed by atoms with Crippen LogP contribution in [-0.2, 0) is 0 Å². The predicted octanol–water partition coefficient (Wildman–Crippen LogP) is 2.58. The molecular formula is C28H25INOPS. The predicted molar refractivity (Wildman–Crippen MR) is 141 cm³/mol. The normalized spacial score (nSPS) is 11.4. The molecule has 0 fully saturated rings. The van der Waals surface area contributed by atoms with Gasteiger partial charge in [0.2, 0.25) is 0 Å². The first-order valence-corrected chi connectivity index (χ1v) is 13.5. The Labute approximate surface area is 217 Å². The molecule has 0 saturated heterocycles. The van der Waals surface area contributed by atoms with Crippen LogP contribution in [0.15, 0.2) is 132 Å². The van der Waals surface area contributed by atoms with E-state index in [1.54, 1.807) is 11.8 Å². The first kappa shape index (κ1) is 25.2. The molecule has 0 radical (unpaired) electrons. The number of thioether (sulfide) groups is 1. The van der Waals surface area contributed by atoms with E-state index in [0.717, 1.165) is 5.44 Å². The fraction of sp³-hybridized carbons (Fsp3) is 0.0357. The molecule has 0 aliphatic heterocycles. The molecule has 166 valence electrons. The van der Waals surface area contributed by atoms with E-state index in [-0.39, 0.29) is 29.9 Å². The van der Waals surface area contributed by atoms with Gasteiger partial charge in [0, 0.05) is 11.0 Å². The van der Waals surface area contributed by atoms with Crippen molar-refractivity contribution in [1.29, 1.82) is 0 Å². The minimum Gasteiger partial charge on any atom is -1.00 e. The average Bonchev–Trinajstić information content (AvgIpc) is 2.87. The van der Waals surface area contributed by atoms with Crippen LogP contribution < -0.4 is 45.2 Å². The van der Waals surface area contributed by atoms with Crippen LogP contribution in [0.5, 0.6) is 0 Å². The zero-order valence-corrected chi connectivity index (χ0v) is 22.1. The summed E-state index contributed by atoms with van der Waals surface area (Å²) >= 11 is 1.61. The van der Waals surface area contributed by atoms with Gasteiger partial charge in [0.15, 0.2) is 12.7 Å². The number of carbonyl (C=O) groups is 1. The van der Waals surface area contributed by atoms with Crippen LogP contribution in [-0.4, -0.2) is 12.2 Å². The molecule has 0 aliphatic carbocycles. The Bertz CT molecular complexity index is 1090. The van der Waals surface area contributed by atoms with Crippen molar-refractivity contribution in [2.45, 2.75) is 0 Å². The number of hydrogen-bond acceptors (Lipinski definition) is 2. The van der Waals surface area contributed by atoms with Crippen LogP contribution in [0.4, 0.5) is 0 Å². The van der Waals surface area contributed by atoms with Crippen LogP contribution in [0.1, 0.15) is 10.4 Å². The molecule has 1 N–H and O–H groups in total. The second kappa shape index (κ2) is 12.2. The van der Waals surface area contributed by atoms with E-state index in [4.69, 9.17) is 0 Å². The fourth-order valence-corrected chi connectivity index (χ4v) is 8.99. The largest absolute Gasteiger partial charge is 1.00 e. The number of amides is 1. The van der Waals surface area contributed by atoms with Gasteiger partial charge >= 0.3 is 0 Å². The molecular weight excluding hydrogens is 556 g/mol. The van der Waals surface area contributed by atoms with Crippen LogP contribution in [0.25, 0.3) is 0 Å². The van der Waals surface area contributed by atoms with Gasteiger partial charge in [-0.3, -0.25) is 10.1 Å². The first-order valence-electron chi connectivity index (χ1n) is 10.4. The molecule has 0 spiro atoms. The van der Waals surface area contributed by atoms with Gasteiger partial charge in [0.25, 0.3) is 5.91 Å². The zero-order valence-electron chi connectivity index (χ0n) is 18.3. The van der Waals surface area contributed by atoms with E-state index in [0.29, 0.717) is 5.56 Å².